The van der Waals surface area contributed by atoms with E-state index in [-0.39, 0.29) is 13.0 Å². The Bertz CT molecular complexity index is 213. The van der Waals surface area contributed by atoms with Crippen LogP contribution in [0.2, 0.25) is 0 Å². The summed E-state index contributed by atoms with van der Waals surface area (Å²) in [6.07, 6.45) is 1.29. The highest BCUT2D eigenvalue weighted by Crippen LogP contribution is 2.12. The maximum Gasteiger partial charge on any atom is 0.350 e. The minimum absolute atomic E-state index is 0.144. The summed E-state index contributed by atoms with van der Waals surface area (Å²) in [6.45, 7) is 3.47. The smallest absolute Gasteiger partial charge is 0.350 e. The zero-order chi connectivity index (χ0) is 11.2. The number of esters is 1. The highest BCUT2D eigenvalue weighted by atomic mass is 16.6. The van der Waals surface area contributed by atoms with Gasteiger partial charge in [0.15, 0.2) is 0 Å². The number of hydrogen-bond donors (Lipinski definition) is 2. The van der Waals surface area contributed by atoms with E-state index in [4.69, 9.17) is 5.11 Å². The zero-order valence-electron chi connectivity index (χ0n) is 8.45. The molecule has 0 aromatic heterocycles. The van der Waals surface area contributed by atoms with Crippen molar-refractivity contribution in [1.29, 1.82) is 0 Å². The van der Waals surface area contributed by atoms with E-state index in [1.54, 1.807) is 0 Å². The predicted octanol–water partition coefficient (Wildman–Crippen LogP) is 0.555. The van der Waals surface area contributed by atoms with Crippen molar-refractivity contribution in [1.82, 2.24) is 0 Å². The van der Waals surface area contributed by atoms with Crippen molar-refractivity contribution >= 4 is 11.9 Å². The third kappa shape index (κ3) is 2.99. The predicted molar refractivity (Wildman–Crippen MR) is 48.7 cm³/mol. The zero-order valence-corrected chi connectivity index (χ0v) is 8.45. The molecule has 82 valence electrons. The van der Waals surface area contributed by atoms with Gasteiger partial charge in [-0.15, -0.1) is 0 Å². The largest absolute Gasteiger partial charge is 0.479 e. The monoisotopic (exact) mass is 204 g/mol. The summed E-state index contributed by atoms with van der Waals surface area (Å²) < 4.78 is 4.63. The van der Waals surface area contributed by atoms with E-state index in [0.29, 0.717) is 6.42 Å². The molecule has 0 aliphatic rings. The molecule has 0 amide bonds. The quantitative estimate of drug-likeness (QED) is 0.375. The van der Waals surface area contributed by atoms with Gasteiger partial charge in [-0.3, -0.25) is 0 Å². The molecule has 1 atom stereocenters. The van der Waals surface area contributed by atoms with Gasteiger partial charge in [0.25, 0.3) is 5.60 Å². The van der Waals surface area contributed by atoms with Gasteiger partial charge >= 0.3 is 11.9 Å². The van der Waals surface area contributed by atoms with E-state index in [1.807, 2.05) is 6.92 Å². The lowest BCUT2D eigenvalue weighted by molar-refractivity contribution is -0.180. The van der Waals surface area contributed by atoms with Gasteiger partial charge in [-0.1, -0.05) is 20.3 Å². The molecular weight excluding hydrogens is 188 g/mol. The van der Waals surface area contributed by atoms with Crippen LogP contribution in [0.1, 0.15) is 33.1 Å². The van der Waals surface area contributed by atoms with Gasteiger partial charge in [0, 0.05) is 0 Å². The van der Waals surface area contributed by atoms with Crippen LogP contribution in [0.25, 0.3) is 0 Å². The van der Waals surface area contributed by atoms with Gasteiger partial charge < -0.3 is 14.9 Å². The number of hydrogen-bond acceptors (Lipinski definition) is 4. The van der Waals surface area contributed by atoms with Crippen LogP contribution >= 0.6 is 0 Å². The molecule has 5 heteroatoms. The summed E-state index contributed by atoms with van der Waals surface area (Å²) in [5, 5.41) is 18.0. The van der Waals surface area contributed by atoms with Gasteiger partial charge in [-0.25, -0.2) is 9.59 Å². The average molecular weight is 204 g/mol. The second-order valence-electron chi connectivity index (χ2n) is 3.01. The summed E-state index contributed by atoms with van der Waals surface area (Å²) in [7, 11) is 0. The number of unbranched alkanes of at least 4 members (excludes halogenated alkanes) is 1. The van der Waals surface area contributed by atoms with Gasteiger partial charge in [0.05, 0.1) is 6.61 Å². The van der Waals surface area contributed by atoms with E-state index in [9.17, 15) is 14.7 Å². The van der Waals surface area contributed by atoms with Gasteiger partial charge in [-0.2, -0.15) is 0 Å². The Kier molecular flexibility index (Phi) is 5.15. The van der Waals surface area contributed by atoms with Crippen LogP contribution < -0.4 is 0 Å². The third-order valence-electron chi connectivity index (χ3n) is 1.93. The second-order valence-corrected chi connectivity index (χ2v) is 3.01. The lowest BCUT2D eigenvalue weighted by Gasteiger charge is -2.19. The molecule has 0 spiro atoms. The minimum Gasteiger partial charge on any atom is -0.479 e. The summed E-state index contributed by atoms with van der Waals surface area (Å²) in [6, 6.07) is 0. The number of aliphatic hydroxyl groups is 1. The molecule has 0 fully saturated rings. The fraction of sp³-hybridized carbons (Fsp3) is 0.778. The fourth-order valence-electron chi connectivity index (χ4n) is 0.811. The lowest BCUT2D eigenvalue weighted by Crippen LogP contribution is -2.47. The SMILES string of the molecule is CCCCOC(=O)C(O)(CC)C(=O)O. The first-order valence-electron chi connectivity index (χ1n) is 4.62. The van der Waals surface area contributed by atoms with Crippen LogP contribution in [0, 0.1) is 0 Å². The number of carbonyl (C=O) groups excluding carboxylic acids is 1. The van der Waals surface area contributed by atoms with E-state index >= 15 is 0 Å². The molecule has 0 bridgehead atoms. The fourth-order valence-corrected chi connectivity index (χ4v) is 0.811. The van der Waals surface area contributed by atoms with Crippen molar-refractivity contribution in [3.63, 3.8) is 0 Å². The molecule has 0 aliphatic carbocycles. The number of carboxylic acid groups (broad SMARTS) is 1. The molecule has 0 heterocycles. The molecule has 0 aromatic carbocycles. The Morgan fingerprint density at radius 3 is 2.29 bits per heavy atom. The maximum atomic E-state index is 11.2. The minimum atomic E-state index is -2.40. The second kappa shape index (κ2) is 5.59. The third-order valence-corrected chi connectivity index (χ3v) is 1.93. The molecule has 0 saturated carbocycles. The van der Waals surface area contributed by atoms with Crippen LogP contribution in [-0.2, 0) is 14.3 Å². The molecule has 0 aromatic rings. The molecule has 0 rings (SSSR count). The first-order valence-corrected chi connectivity index (χ1v) is 4.62. The average Bonchev–Trinajstić information content (AvgIpc) is 2.16. The Labute approximate surface area is 82.7 Å². The van der Waals surface area contributed by atoms with E-state index in [2.05, 4.69) is 4.74 Å². The van der Waals surface area contributed by atoms with Crippen molar-refractivity contribution in [2.45, 2.75) is 38.7 Å². The van der Waals surface area contributed by atoms with Crippen molar-refractivity contribution in [2.24, 2.45) is 0 Å². The van der Waals surface area contributed by atoms with E-state index < -0.39 is 17.5 Å². The first-order chi connectivity index (χ1) is 6.49. The van der Waals surface area contributed by atoms with Gasteiger partial charge in [0.1, 0.15) is 0 Å². The number of carboxylic acids is 1. The van der Waals surface area contributed by atoms with Gasteiger partial charge in [-0.05, 0) is 12.8 Å². The molecule has 14 heavy (non-hydrogen) atoms. The topological polar surface area (TPSA) is 83.8 Å². The highest BCUT2D eigenvalue weighted by molar-refractivity contribution is 6.02. The highest BCUT2D eigenvalue weighted by Gasteiger charge is 2.44. The number of carbonyl (C=O) groups is 2. The molecule has 5 nitrogen and oxygen atoms in total. The van der Waals surface area contributed by atoms with Crippen molar-refractivity contribution in [2.75, 3.05) is 6.61 Å². The Balaban J connectivity index is 4.25. The number of rotatable bonds is 6. The van der Waals surface area contributed by atoms with Crippen LogP contribution in [0.3, 0.4) is 0 Å². The Hall–Kier alpha value is -1.10. The number of ether oxygens (including phenoxy) is 1. The van der Waals surface area contributed by atoms with Crippen molar-refractivity contribution < 1.29 is 24.5 Å². The summed E-state index contributed by atoms with van der Waals surface area (Å²) in [5.74, 6) is -2.65. The van der Waals surface area contributed by atoms with Crippen LogP contribution in [-0.4, -0.2) is 34.4 Å². The summed E-state index contributed by atoms with van der Waals surface area (Å²) >= 11 is 0. The summed E-state index contributed by atoms with van der Waals surface area (Å²) in [5.41, 5.74) is -2.40. The molecule has 1 unspecified atom stereocenters. The van der Waals surface area contributed by atoms with Gasteiger partial charge in [0.2, 0.25) is 0 Å². The van der Waals surface area contributed by atoms with Crippen molar-refractivity contribution in [3.8, 4) is 0 Å². The Morgan fingerprint density at radius 1 is 1.36 bits per heavy atom. The van der Waals surface area contributed by atoms with E-state index in [1.165, 1.54) is 6.92 Å². The molecule has 0 saturated heterocycles. The van der Waals surface area contributed by atoms with Crippen molar-refractivity contribution in [3.05, 3.63) is 0 Å². The maximum absolute atomic E-state index is 11.2. The van der Waals surface area contributed by atoms with Crippen LogP contribution in [0.5, 0.6) is 0 Å². The molecular formula is C9H16O5. The summed E-state index contributed by atoms with van der Waals surface area (Å²) in [4.78, 5) is 21.7. The normalized spacial score (nSPS) is 14.5. The first kappa shape index (κ1) is 12.9. The van der Waals surface area contributed by atoms with Crippen LogP contribution in [0.15, 0.2) is 0 Å². The number of aliphatic carboxylic acids is 1. The Morgan fingerprint density at radius 2 is 1.93 bits per heavy atom. The molecule has 0 radical (unpaired) electrons. The van der Waals surface area contributed by atoms with Crippen LogP contribution in [0.4, 0.5) is 0 Å². The van der Waals surface area contributed by atoms with E-state index in [0.717, 1.165) is 6.42 Å². The standard InChI is InChI=1S/C9H16O5/c1-3-5-6-14-8(12)9(13,4-2)7(10)11/h13H,3-6H2,1-2H3,(H,10,11). The lowest BCUT2D eigenvalue weighted by atomic mass is 10.0. The molecule has 0 aliphatic heterocycles. The molecule has 2 N–H and O–H groups in total.